The molecule has 6 heteroatoms. The summed E-state index contributed by atoms with van der Waals surface area (Å²) in [6.07, 6.45) is 0. The second kappa shape index (κ2) is 5.95. The Hall–Kier alpha value is -0.720. The first-order valence-electron chi connectivity index (χ1n) is 6.52. The van der Waals surface area contributed by atoms with Crippen LogP contribution in [-0.4, -0.2) is 59.4 Å². The van der Waals surface area contributed by atoms with Crippen molar-refractivity contribution in [3.63, 3.8) is 0 Å². The van der Waals surface area contributed by atoms with Gasteiger partial charge in [0.05, 0.1) is 6.04 Å². The summed E-state index contributed by atoms with van der Waals surface area (Å²) in [6, 6.07) is 0.328. The smallest absolute Gasteiger partial charge is 0.202 e. The van der Waals surface area contributed by atoms with Crippen LogP contribution in [-0.2, 0) is 0 Å². The van der Waals surface area contributed by atoms with Gasteiger partial charge in [-0.15, -0.1) is 0 Å². The topological polar surface area (TPSA) is 44.3 Å². The Kier molecular flexibility index (Phi) is 4.53. The molecule has 102 valence electrons. The van der Waals surface area contributed by atoms with Crippen LogP contribution in [0.4, 0.5) is 5.13 Å². The molecule has 0 bridgehead atoms. The quantitative estimate of drug-likeness (QED) is 0.898. The molecule has 1 N–H and O–H groups in total. The van der Waals surface area contributed by atoms with Crippen molar-refractivity contribution < 1.29 is 0 Å². The minimum absolute atomic E-state index is 0.328. The van der Waals surface area contributed by atoms with E-state index in [0.29, 0.717) is 12.0 Å². The first-order chi connectivity index (χ1) is 8.56. The molecule has 1 aliphatic rings. The van der Waals surface area contributed by atoms with Gasteiger partial charge in [-0.2, -0.15) is 4.37 Å². The van der Waals surface area contributed by atoms with E-state index in [1.807, 2.05) is 0 Å². The van der Waals surface area contributed by atoms with E-state index in [1.165, 1.54) is 11.5 Å². The van der Waals surface area contributed by atoms with Gasteiger partial charge in [0, 0.05) is 37.7 Å². The lowest BCUT2D eigenvalue weighted by Crippen LogP contribution is -2.45. The summed E-state index contributed by atoms with van der Waals surface area (Å²) in [7, 11) is 4.31. The molecule has 1 aromatic heterocycles. The molecule has 1 atom stereocenters. The van der Waals surface area contributed by atoms with E-state index >= 15 is 0 Å². The summed E-state index contributed by atoms with van der Waals surface area (Å²) in [5, 5.41) is 4.29. The molecular weight excluding hydrogens is 246 g/mol. The van der Waals surface area contributed by atoms with E-state index in [-0.39, 0.29) is 0 Å². The Labute approximate surface area is 113 Å². The molecule has 2 rings (SSSR count). The third kappa shape index (κ3) is 3.40. The lowest BCUT2D eigenvalue weighted by Gasteiger charge is -2.35. The average molecular weight is 269 g/mol. The van der Waals surface area contributed by atoms with E-state index in [4.69, 9.17) is 0 Å². The van der Waals surface area contributed by atoms with Gasteiger partial charge in [-0.1, -0.05) is 13.8 Å². The number of hydrogen-bond acceptors (Lipinski definition) is 6. The van der Waals surface area contributed by atoms with Gasteiger partial charge in [-0.05, 0) is 20.0 Å². The van der Waals surface area contributed by atoms with Gasteiger partial charge in [-0.3, -0.25) is 4.90 Å². The van der Waals surface area contributed by atoms with Crippen LogP contribution in [0.15, 0.2) is 0 Å². The van der Waals surface area contributed by atoms with Crippen LogP contribution in [0.2, 0.25) is 0 Å². The summed E-state index contributed by atoms with van der Waals surface area (Å²) in [5.74, 6) is 1.58. The second-order valence-electron chi connectivity index (χ2n) is 5.49. The molecule has 1 unspecified atom stereocenters. The average Bonchev–Trinajstić information content (AvgIpc) is 2.78. The Morgan fingerprint density at radius 3 is 2.89 bits per heavy atom. The first kappa shape index (κ1) is 13.7. The Bertz CT molecular complexity index is 378. The van der Waals surface area contributed by atoms with Crippen molar-refractivity contribution in [3.8, 4) is 0 Å². The highest BCUT2D eigenvalue weighted by molar-refractivity contribution is 7.09. The van der Waals surface area contributed by atoms with Crippen molar-refractivity contribution in [3.05, 3.63) is 5.82 Å². The lowest BCUT2D eigenvalue weighted by atomic mass is 10.2. The fourth-order valence-electron chi connectivity index (χ4n) is 2.02. The molecule has 0 radical (unpaired) electrons. The van der Waals surface area contributed by atoms with Crippen molar-refractivity contribution >= 4 is 16.7 Å². The van der Waals surface area contributed by atoms with Crippen LogP contribution in [0.5, 0.6) is 0 Å². The predicted octanol–water partition coefficient (Wildman–Crippen LogP) is 1.52. The van der Waals surface area contributed by atoms with Gasteiger partial charge in [0.15, 0.2) is 5.82 Å². The molecule has 2 heterocycles. The van der Waals surface area contributed by atoms with Gasteiger partial charge < -0.3 is 10.2 Å². The molecule has 0 amide bonds. The number of piperazine rings is 1. The van der Waals surface area contributed by atoms with Crippen LogP contribution < -0.4 is 5.32 Å². The van der Waals surface area contributed by atoms with Gasteiger partial charge >= 0.3 is 0 Å². The number of likely N-dealkylation sites (N-methyl/N-ethyl adjacent to an activating group) is 2. The van der Waals surface area contributed by atoms with Crippen molar-refractivity contribution in [2.45, 2.75) is 19.9 Å². The summed E-state index contributed by atoms with van der Waals surface area (Å²) < 4.78 is 4.50. The maximum atomic E-state index is 4.62. The molecular formula is C12H23N5S. The third-order valence-electron chi connectivity index (χ3n) is 3.25. The van der Waals surface area contributed by atoms with Crippen molar-refractivity contribution in [2.75, 3.05) is 45.6 Å². The van der Waals surface area contributed by atoms with Crippen LogP contribution in [0.3, 0.4) is 0 Å². The standard InChI is InChI=1S/C12H23N5S/c1-9(2)7-13-12-14-11(15-18-12)10-8-16(3)5-6-17(10)4/h9-10H,5-8H2,1-4H3,(H,13,14,15). The maximum absolute atomic E-state index is 4.62. The van der Waals surface area contributed by atoms with Crippen LogP contribution in [0.25, 0.3) is 0 Å². The molecule has 0 aromatic carbocycles. The SMILES string of the molecule is CC(C)CNc1nc(C2CN(C)CCN2C)ns1. The molecule has 18 heavy (non-hydrogen) atoms. The van der Waals surface area contributed by atoms with E-state index in [1.54, 1.807) is 0 Å². The predicted molar refractivity (Wildman–Crippen MR) is 76.1 cm³/mol. The summed E-state index contributed by atoms with van der Waals surface area (Å²) >= 11 is 1.47. The van der Waals surface area contributed by atoms with E-state index in [0.717, 1.165) is 37.1 Å². The highest BCUT2D eigenvalue weighted by Gasteiger charge is 2.27. The van der Waals surface area contributed by atoms with Crippen molar-refractivity contribution in [1.82, 2.24) is 19.2 Å². The molecule has 1 fully saturated rings. The number of nitrogens with zero attached hydrogens (tertiary/aromatic N) is 4. The molecule has 5 nitrogen and oxygen atoms in total. The number of aromatic nitrogens is 2. The minimum Gasteiger partial charge on any atom is -0.360 e. The molecule has 0 aliphatic carbocycles. The zero-order valence-corrected chi connectivity index (χ0v) is 12.5. The lowest BCUT2D eigenvalue weighted by molar-refractivity contribution is 0.110. The molecule has 1 aromatic rings. The van der Waals surface area contributed by atoms with Crippen LogP contribution in [0.1, 0.15) is 25.7 Å². The zero-order valence-electron chi connectivity index (χ0n) is 11.7. The van der Waals surface area contributed by atoms with E-state index in [2.05, 4.69) is 52.4 Å². The number of anilines is 1. The van der Waals surface area contributed by atoms with Crippen molar-refractivity contribution in [2.24, 2.45) is 5.92 Å². The second-order valence-corrected chi connectivity index (χ2v) is 6.24. The fourth-order valence-corrected chi connectivity index (χ4v) is 2.65. The van der Waals surface area contributed by atoms with Gasteiger partial charge in [0.25, 0.3) is 0 Å². The highest BCUT2D eigenvalue weighted by Crippen LogP contribution is 2.24. The Morgan fingerprint density at radius 2 is 2.17 bits per heavy atom. The third-order valence-corrected chi connectivity index (χ3v) is 3.94. The van der Waals surface area contributed by atoms with Gasteiger partial charge in [-0.25, -0.2) is 4.98 Å². The van der Waals surface area contributed by atoms with Crippen LogP contribution >= 0.6 is 11.5 Å². The molecule has 1 saturated heterocycles. The molecule has 0 saturated carbocycles. The fraction of sp³-hybridized carbons (Fsp3) is 0.833. The van der Waals surface area contributed by atoms with Gasteiger partial charge in [0.2, 0.25) is 5.13 Å². The Balaban J connectivity index is 1.99. The number of hydrogen-bond donors (Lipinski definition) is 1. The van der Waals surface area contributed by atoms with E-state index in [9.17, 15) is 0 Å². The minimum atomic E-state index is 0.328. The number of nitrogens with one attached hydrogen (secondary N) is 1. The van der Waals surface area contributed by atoms with Crippen LogP contribution in [0, 0.1) is 5.92 Å². The monoisotopic (exact) mass is 269 g/mol. The van der Waals surface area contributed by atoms with Crippen molar-refractivity contribution in [1.29, 1.82) is 0 Å². The highest BCUT2D eigenvalue weighted by atomic mass is 32.1. The normalized spacial score (nSPS) is 22.6. The van der Waals surface area contributed by atoms with Gasteiger partial charge in [0.1, 0.15) is 0 Å². The number of rotatable bonds is 4. The Morgan fingerprint density at radius 1 is 1.39 bits per heavy atom. The maximum Gasteiger partial charge on any atom is 0.202 e. The molecule has 0 spiro atoms. The summed E-state index contributed by atoms with van der Waals surface area (Å²) in [6.45, 7) is 8.55. The zero-order chi connectivity index (χ0) is 13.1. The largest absolute Gasteiger partial charge is 0.360 e. The van der Waals surface area contributed by atoms with E-state index < -0.39 is 0 Å². The molecule has 1 aliphatic heterocycles. The summed E-state index contributed by atoms with van der Waals surface area (Å²) in [5.41, 5.74) is 0. The first-order valence-corrected chi connectivity index (χ1v) is 7.30. The summed E-state index contributed by atoms with van der Waals surface area (Å²) in [4.78, 5) is 9.30.